The molecule has 0 aliphatic heterocycles. The largest absolute Gasteiger partial charge is 0.493 e. The van der Waals surface area contributed by atoms with Gasteiger partial charge in [-0.15, -0.1) is 0 Å². The first kappa shape index (κ1) is 17.1. The average Bonchev–Trinajstić information content (AvgIpc) is 2.56. The van der Waals surface area contributed by atoms with Gasteiger partial charge in [0.05, 0.1) is 14.2 Å². The average molecular weight is 379 g/mol. The fourth-order valence-corrected chi connectivity index (χ4v) is 2.50. The van der Waals surface area contributed by atoms with Crippen LogP contribution in [0.5, 0.6) is 11.5 Å². The van der Waals surface area contributed by atoms with E-state index in [0.717, 1.165) is 10.0 Å². The Balaban J connectivity index is 2.05. The van der Waals surface area contributed by atoms with E-state index in [0.29, 0.717) is 23.7 Å². The summed E-state index contributed by atoms with van der Waals surface area (Å²) in [6.07, 6.45) is 0. The summed E-state index contributed by atoms with van der Waals surface area (Å²) >= 11 is 3.49. The molecule has 0 radical (unpaired) electrons. The third-order valence-electron chi connectivity index (χ3n) is 3.35. The topological polar surface area (TPSA) is 50.8 Å². The number of amides is 2. The Kier molecular flexibility index (Phi) is 5.87. The standard InChI is InChI=1S/C17H19BrN2O3/c1-20(11-12-6-4-5-7-14(12)18)17(21)19-13-8-9-15(22-2)16(10-13)23-3/h4-10H,11H2,1-3H3,(H,19,21). The van der Waals surface area contributed by atoms with Crippen molar-refractivity contribution < 1.29 is 14.3 Å². The van der Waals surface area contributed by atoms with Crippen LogP contribution in [-0.4, -0.2) is 32.2 Å². The van der Waals surface area contributed by atoms with Gasteiger partial charge in [-0.2, -0.15) is 0 Å². The van der Waals surface area contributed by atoms with Crippen molar-refractivity contribution in [1.29, 1.82) is 0 Å². The van der Waals surface area contributed by atoms with Gasteiger partial charge in [0.15, 0.2) is 11.5 Å². The molecule has 0 heterocycles. The lowest BCUT2D eigenvalue weighted by atomic mass is 10.2. The molecule has 0 bridgehead atoms. The van der Waals surface area contributed by atoms with Crippen LogP contribution in [0.3, 0.4) is 0 Å². The molecule has 122 valence electrons. The molecule has 0 saturated heterocycles. The van der Waals surface area contributed by atoms with Crippen molar-refractivity contribution in [3.63, 3.8) is 0 Å². The van der Waals surface area contributed by atoms with E-state index in [2.05, 4.69) is 21.2 Å². The van der Waals surface area contributed by atoms with Gasteiger partial charge in [-0.25, -0.2) is 4.79 Å². The van der Waals surface area contributed by atoms with E-state index in [-0.39, 0.29) is 6.03 Å². The number of carbonyl (C=O) groups is 1. The number of halogens is 1. The number of carbonyl (C=O) groups excluding carboxylic acids is 1. The minimum atomic E-state index is -0.201. The molecule has 0 saturated carbocycles. The maximum Gasteiger partial charge on any atom is 0.321 e. The van der Waals surface area contributed by atoms with Crippen molar-refractivity contribution in [3.8, 4) is 11.5 Å². The zero-order valence-electron chi connectivity index (χ0n) is 13.3. The molecule has 0 unspecified atom stereocenters. The van der Waals surface area contributed by atoms with E-state index >= 15 is 0 Å². The Morgan fingerprint density at radius 3 is 2.48 bits per heavy atom. The molecule has 23 heavy (non-hydrogen) atoms. The van der Waals surface area contributed by atoms with E-state index < -0.39 is 0 Å². The Morgan fingerprint density at radius 1 is 1.13 bits per heavy atom. The van der Waals surface area contributed by atoms with Gasteiger partial charge in [0.25, 0.3) is 0 Å². The highest BCUT2D eigenvalue weighted by molar-refractivity contribution is 9.10. The second-order valence-corrected chi connectivity index (χ2v) is 5.80. The fraction of sp³-hybridized carbons (Fsp3) is 0.235. The van der Waals surface area contributed by atoms with E-state index in [1.165, 1.54) is 0 Å². The van der Waals surface area contributed by atoms with Crippen molar-refractivity contribution in [2.45, 2.75) is 6.54 Å². The number of nitrogens with zero attached hydrogens (tertiary/aromatic N) is 1. The van der Waals surface area contributed by atoms with Gasteiger partial charge < -0.3 is 19.7 Å². The zero-order chi connectivity index (χ0) is 16.8. The predicted octanol–water partition coefficient (Wildman–Crippen LogP) is 4.13. The molecular weight excluding hydrogens is 360 g/mol. The normalized spacial score (nSPS) is 10.1. The van der Waals surface area contributed by atoms with E-state index in [1.807, 2.05) is 24.3 Å². The number of nitrogens with one attached hydrogen (secondary N) is 1. The summed E-state index contributed by atoms with van der Waals surface area (Å²) in [5, 5.41) is 2.84. The van der Waals surface area contributed by atoms with Crippen molar-refractivity contribution >= 4 is 27.6 Å². The Morgan fingerprint density at radius 2 is 1.83 bits per heavy atom. The van der Waals surface area contributed by atoms with Gasteiger partial charge in [-0.05, 0) is 23.8 Å². The maximum atomic E-state index is 12.3. The molecule has 5 nitrogen and oxygen atoms in total. The molecule has 2 aromatic carbocycles. The lowest BCUT2D eigenvalue weighted by molar-refractivity contribution is 0.220. The molecule has 2 rings (SSSR count). The van der Waals surface area contributed by atoms with Crippen LogP contribution >= 0.6 is 15.9 Å². The number of anilines is 1. The number of urea groups is 1. The summed E-state index contributed by atoms with van der Waals surface area (Å²) in [5.74, 6) is 1.19. The van der Waals surface area contributed by atoms with Gasteiger partial charge in [0, 0.05) is 29.8 Å². The lowest BCUT2D eigenvalue weighted by Crippen LogP contribution is -2.30. The Bertz CT molecular complexity index is 691. The van der Waals surface area contributed by atoms with Gasteiger partial charge in [-0.1, -0.05) is 34.1 Å². The molecule has 1 N–H and O–H groups in total. The molecule has 0 aromatic heterocycles. The summed E-state index contributed by atoms with van der Waals surface area (Å²) in [7, 11) is 4.87. The van der Waals surface area contributed by atoms with E-state index in [4.69, 9.17) is 9.47 Å². The van der Waals surface area contributed by atoms with Crippen LogP contribution in [0.1, 0.15) is 5.56 Å². The number of rotatable bonds is 5. The third kappa shape index (κ3) is 4.39. The number of ether oxygens (including phenoxy) is 2. The third-order valence-corrected chi connectivity index (χ3v) is 4.12. The minimum absolute atomic E-state index is 0.201. The van der Waals surface area contributed by atoms with E-state index in [9.17, 15) is 4.79 Å². The molecule has 0 atom stereocenters. The summed E-state index contributed by atoms with van der Waals surface area (Å²) in [6.45, 7) is 0.501. The van der Waals surface area contributed by atoms with Crippen molar-refractivity contribution in [2.24, 2.45) is 0 Å². The monoisotopic (exact) mass is 378 g/mol. The summed E-state index contributed by atoms with van der Waals surface area (Å²) in [5.41, 5.74) is 1.68. The quantitative estimate of drug-likeness (QED) is 0.850. The van der Waals surface area contributed by atoms with Crippen molar-refractivity contribution in [3.05, 3.63) is 52.5 Å². The summed E-state index contributed by atoms with van der Waals surface area (Å²) in [4.78, 5) is 13.9. The zero-order valence-corrected chi connectivity index (χ0v) is 14.9. The molecule has 0 aliphatic rings. The van der Waals surface area contributed by atoms with Crippen molar-refractivity contribution in [2.75, 3.05) is 26.6 Å². The molecule has 2 amide bonds. The second kappa shape index (κ2) is 7.87. The number of methoxy groups -OCH3 is 2. The molecular formula is C17H19BrN2O3. The smallest absolute Gasteiger partial charge is 0.321 e. The van der Waals surface area contributed by atoms with E-state index in [1.54, 1.807) is 44.4 Å². The lowest BCUT2D eigenvalue weighted by Gasteiger charge is -2.19. The van der Waals surface area contributed by atoms with Gasteiger partial charge in [0.1, 0.15) is 0 Å². The molecule has 2 aromatic rings. The highest BCUT2D eigenvalue weighted by Crippen LogP contribution is 2.29. The van der Waals surface area contributed by atoms with Gasteiger partial charge in [0.2, 0.25) is 0 Å². The van der Waals surface area contributed by atoms with Crippen LogP contribution < -0.4 is 14.8 Å². The first-order chi connectivity index (χ1) is 11.0. The first-order valence-electron chi connectivity index (χ1n) is 7.02. The molecule has 0 spiro atoms. The molecule has 0 aliphatic carbocycles. The predicted molar refractivity (Wildman–Crippen MR) is 94.2 cm³/mol. The van der Waals surface area contributed by atoms with Gasteiger partial charge in [-0.3, -0.25) is 0 Å². The second-order valence-electron chi connectivity index (χ2n) is 4.95. The van der Waals surface area contributed by atoms with Crippen molar-refractivity contribution in [1.82, 2.24) is 4.90 Å². The highest BCUT2D eigenvalue weighted by atomic mass is 79.9. The minimum Gasteiger partial charge on any atom is -0.493 e. The van der Waals surface area contributed by atoms with Gasteiger partial charge >= 0.3 is 6.03 Å². The van der Waals surface area contributed by atoms with Crippen LogP contribution in [0.2, 0.25) is 0 Å². The fourth-order valence-electron chi connectivity index (χ4n) is 2.09. The summed E-state index contributed by atoms with van der Waals surface area (Å²) < 4.78 is 11.4. The molecule has 6 heteroatoms. The number of hydrogen-bond acceptors (Lipinski definition) is 3. The SMILES string of the molecule is COc1ccc(NC(=O)N(C)Cc2ccccc2Br)cc1OC. The Hall–Kier alpha value is -2.21. The number of benzene rings is 2. The van der Waals surface area contributed by atoms with Crippen LogP contribution in [-0.2, 0) is 6.54 Å². The van der Waals surface area contributed by atoms with Crippen LogP contribution in [0.4, 0.5) is 10.5 Å². The highest BCUT2D eigenvalue weighted by Gasteiger charge is 2.12. The van der Waals surface area contributed by atoms with Crippen LogP contribution in [0, 0.1) is 0 Å². The van der Waals surface area contributed by atoms with Crippen LogP contribution in [0.25, 0.3) is 0 Å². The van der Waals surface area contributed by atoms with Crippen LogP contribution in [0.15, 0.2) is 46.9 Å². The first-order valence-corrected chi connectivity index (χ1v) is 7.82. The maximum absolute atomic E-state index is 12.3. The summed E-state index contributed by atoms with van der Waals surface area (Å²) in [6, 6.07) is 12.9. The number of hydrogen-bond donors (Lipinski definition) is 1. The molecule has 0 fully saturated rings. The Labute approximate surface area is 144 Å².